The fourth-order valence-electron chi connectivity index (χ4n) is 3.87. The Hall–Kier alpha value is -2.73. The highest BCUT2D eigenvalue weighted by molar-refractivity contribution is 7.11. The average Bonchev–Trinajstić information content (AvgIpc) is 3.19. The lowest BCUT2D eigenvalue weighted by Crippen LogP contribution is -2.39. The Morgan fingerprint density at radius 2 is 2.14 bits per heavy atom. The number of nitrogens with zero attached hydrogens (tertiary/aromatic N) is 3. The Morgan fingerprint density at radius 1 is 1.28 bits per heavy atom. The van der Waals surface area contributed by atoms with Crippen molar-refractivity contribution in [1.82, 2.24) is 14.9 Å². The Balaban J connectivity index is 1.48. The van der Waals surface area contributed by atoms with Crippen LogP contribution in [0.25, 0.3) is 0 Å². The molecule has 5 nitrogen and oxygen atoms in total. The zero-order valence-electron chi connectivity index (χ0n) is 16.8. The van der Waals surface area contributed by atoms with E-state index in [0.29, 0.717) is 6.54 Å². The first kappa shape index (κ1) is 19.6. The highest BCUT2D eigenvalue weighted by Gasteiger charge is 2.28. The molecule has 4 rings (SSSR count). The van der Waals surface area contributed by atoms with Crippen LogP contribution in [0.3, 0.4) is 0 Å². The number of ether oxygens (including phenoxy) is 1. The normalized spacial score (nSPS) is 16.6. The molecule has 0 aliphatic carbocycles. The Morgan fingerprint density at radius 3 is 2.93 bits per heavy atom. The van der Waals surface area contributed by atoms with Crippen LogP contribution in [0.1, 0.15) is 51.1 Å². The molecule has 1 fully saturated rings. The van der Waals surface area contributed by atoms with Crippen LogP contribution in [0.2, 0.25) is 0 Å². The number of hydrogen-bond acceptors (Lipinski definition) is 5. The Labute approximate surface area is 175 Å². The van der Waals surface area contributed by atoms with E-state index in [4.69, 9.17) is 9.72 Å². The van der Waals surface area contributed by atoms with Crippen molar-refractivity contribution in [3.8, 4) is 5.75 Å². The van der Waals surface area contributed by atoms with Gasteiger partial charge in [0.1, 0.15) is 10.6 Å². The summed E-state index contributed by atoms with van der Waals surface area (Å²) >= 11 is 1.43. The largest absolute Gasteiger partial charge is 0.497 e. The zero-order valence-corrected chi connectivity index (χ0v) is 17.6. The molecule has 6 heteroatoms. The smallest absolute Gasteiger partial charge is 0.265 e. The molecular formula is C23H25N3O2S. The number of pyridine rings is 1. The molecule has 3 heterocycles. The van der Waals surface area contributed by atoms with Crippen LogP contribution in [0.4, 0.5) is 0 Å². The van der Waals surface area contributed by atoms with Crippen LogP contribution in [-0.2, 0) is 6.42 Å². The molecule has 1 aliphatic rings. The van der Waals surface area contributed by atoms with E-state index >= 15 is 0 Å². The second-order valence-corrected chi connectivity index (χ2v) is 8.29. The molecule has 1 aliphatic heterocycles. The van der Waals surface area contributed by atoms with Crippen LogP contribution in [0.15, 0.2) is 48.0 Å². The van der Waals surface area contributed by atoms with Gasteiger partial charge in [-0.25, -0.2) is 4.98 Å². The second-order valence-electron chi connectivity index (χ2n) is 7.44. The number of rotatable bonds is 5. The van der Waals surface area contributed by atoms with E-state index in [-0.39, 0.29) is 11.8 Å². The van der Waals surface area contributed by atoms with Crippen LogP contribution < -0.4 is 4.74 Å². The summed E-state index contributed by atoms with van der Waals surface area (Å²) in [6.07, 6.45) is 2.82. The Bertz CT molecular complexity index is 1000. The topological polar surface area (TPSA) is 55.3 Å². The molecule has 0 unspecified atom stereocenters. The highest BCUT2D eigenvalue weighted by Crippen LogP contribution is 2.28. The van der Waals surface area contributed by atoms with Crippen LogP contribution in [-0.4, -0.2) is 41.0 Å². The van der Waals surface area contributed by atoms with E-state index in [1.54, 1.807) is 12.6 Å². The third-order valence-corrected chi connectivity index (χ3v) is 6.33. The van der Waals surface area contributed by atoms with E-state index in [0.717, 1.165) is 53.5 Å². The molecule has 0 spiro atoms. The standard InChI is InChI=1S/C23H25N3O2S/c1-16-22(29-15-24-16)23(27)26-11-5-7-18(14-26)21-10-4-8-19(25-21)12-17-6-3-9-20(13-17)28-2/h3-4,6,8-10,13,15,18H,5,7,11-12,14H2,1-2H3/t18-/m0/s1. The summed E-state index contributed by atoms with van der Waals surface area (Å²) in [7, 11) is 1.68. The molecule has 1 atom stereocenters. The summed E-state index contributed by atoms with van der Waals surface area (Å²) < 4.78 is 5.32. The van der Waals surface area contributed by atoms with Gasteiger partial charge >= 0.3 is 0 Å². The van der Waals surface area contributed by atoms with E-state index in [1.165, 1.54) is 16.9 Å². The number of aromatic nitrogens is 2. The summed E-state index contributed by atoms with van der Waals surface area (Å²) in [5, 5.41) is 0. The van der Waals surface area contributed by atoms with Crippen LogP contribution in [0.5, 0.6) is 5.75 Å². The molecule has 3 aromatic rings. The first-order chi connectivity index (χ1) is 14.1. The fourth-order valence-corrected chi connectivity index (χ4v) is 4.64. The first-order valence-corrected chi connectivity index (χ1v) is 10.8. The van der Waals surface area contributed by atoms with Gasteiger partial charge in [-0.05, 0) is 49.6 Å². The number of carbonyl (C=O) groups excluding carboxylic acids is 1. The molecule has 1 saturated heterocycles. The molecule has 150 valence electrons. The van der Waals surface area contributed by atoms with E-state index < -0.39 is 0 Å². The molecule has 0 N–H and O–H groups in total. The van der Waals surface area contributed by atoms with Crippen molar-refractivity contribution in [3.05, 3.63) is 75.5 Å². The Kier molecular flexibility index (Phi) is 5.90. The third-order valence-electron chi connectivity index (χ3n) is 5.41. The van der Waals surface area contributed by atoms with Gasteiger partial charge in [0.05, 0.1) is 18.3 Å². The molecule has 2 aromatic heterocycles. The third kappa shape index (κ3) is 4.48. The fraction of sp³-hybridized carbons (Fsp3) is 0.348. The summed E-state index contributed by atoms with van der Waals surface area (Å²) in [4.78, 5) is 24.8. The molecule has 0 saturated carbocycles. The van der Waals surface area contributed by atoms with Gasteiger partial charge in [-0.15, -0.1) is 11.3 Å². The predicted octanol–water partition coefficient (Wildman–Crippen LogP) is 4.47. The van der Waals surface area contributed by atoms with Gasteiger partial charge in [-0.3, -0.25) is 9.78 Å². The van der Waals surface area contributed by atoms with Crippen molar-refractivity contribution in [2.45, 2.75) is 32.1 Å². The lowest BCUT2D eigenvalue weighted by molar-refractivity contribution is 0.0710. The van der Waals surface area contributed by atoms with Gasteiger partial charge in [0.2, 0.25) is 0 Å². The number of hydrogen-bond donors (Lipinski definition) is 0. The number of carbonyl (C=O) groups is 1. The van der Waals surface area contributed by atoms with Gasteiger partial charge in [-0.1, -0.05) is 18.2 Å². The molecule has 0 bridgehead atoms. The van der Waals surface area contributed by atoms with Gasteiger partial charge in [0, 0.05) is 36.8 Å². The van der Waals surface area contributed by atoms with Crippen molar-refractivity contribution in [2.75, 3.05) is 20.2 Å². The summed E-state index contributed by atoms with van der Waals surface area (Å²) in [6.45, 7) is 3.41. The first-order valence-electron chi connectivity index (χ1n) is 9.92. The van der Waals surface area contributed by atoms with Crippen molar-refractivity contribution >= 4 is 17.2 Å². The van der Waals surface area contributed by atoms with E-state index in [2.05, 4.69) is 29.2 Å². The van der Waals surface area contributed by atoms with E-state index in [1.807, 2.05) is 30.0 Å². The lowest BCUT2D eigenvalue weighted by Gasteiger charge is -2.32. The van der Waals surface area contributed by atoms with Crippen LogP contribution >= 0.6 is 11.3 Å². The number of aryl methyl sites for hydroxylation is 1. The SMILES string of the molecule is COc1cccc(Cc2cccc([C@H]3CCCN(C(=O)c4scnc4C)C3)n2)c1. The maximum atomic E-state index is 12.9. The number of likely N-dealkylation sites (tertiary alicyclic amines) is 1. The van der Waals surface area contributed by atoms with Crippen molar-refractivity contribution in [1.29, 1.82) is 0 Å². The minimum absolute atomic E-state index is 0.0993. The second kappa shape index (κ2) is 8.74. The number of thiazole rings is 1. The number of amides is 1. The number of methoxy groups -OCH3 is 1. The van der Waals surface area contributed by atoms with Gasteiger partial charge < -0.3 is 9.64 Å². The molecule has 0 radical (unpaired) electrons. The summed E-state index contributed by atoms with van der Waals surface area (Å²) in [6, 6.07) is 14.3. The van der Waals surface area contributed by atoms with Gasteiger partial charge in [-0.2, -0.15) is 0 Å². The number of benzene rings is 1. The van der Waals surface area contributed by atoms with Crippen molar-refractivity contribution in [3.63, 3.8) is 0 Å². The minimum Gasteiger partial charge on any atom is -0.497 e. The monoisotopic (exact) mass is 407 g/mol. The van der Waals surface area contributed by atoms with Crippen LogP contribution in [0, 0.1) is 6.92 Å². The lowest BCUT2D eigenvalue weighted by atomic mass is 9.93. The van der Waals surface area contributed by atoms with Gasteiger partial charge in [0.25, 0.3) is 5.91 Å². The van der Waals surface area contributed by atoms with Gasteiger partial charge in [0.15, 0.2) is 0 Å². The minimum atomic E-state index is 0.0993. The maximum Gasteiger partial charge on any atom is 0.265 e. The summed E-state index contributed by atoms with van der Waals surface area (Å²) in [5.74, 6) is 1.23. The molecule has 1 aromatic carbocycles. The number of piperidine rings is 1. The van der Waals surface area contributed by atoms with Crippen molar-refractivity contribution in [2.24, 2.45) is 0 Å². The highest BCUT2D eigenvalue weighted by atomic mass is 32.1. The predicted molar refractivity (Wildman–Crippen MR) is 115 cm³/mol. The molecular weight excluding hydrogens is 382 g/mol. The molecule has 29 heavy (non-hydrogen) atoms. The quantitative estimate of drug-likeness (QED) is 0.626. The maximum absolute atomic E-state index is 12.9. The zero-order chi connectivity index (χ0) is 20.2. The average molecular weight is 408 g/mol. The van der Waals surface area contributed by atoms with E-state index in [9.17, 15) is 4.79 Å². The summed E-state index contributed by atoms with van der Waals surface area (Å²) in [5.41, 5.74) is 5.85. The molecule has 1 amide bonds. The van der Waals surface area contributed by atoms with Crippen molar-refractivity contribution < 1.29 is 9.53 Å².